The first-order valence-electron chi connectivity index (χ1n) is 6.28. The molecule has 0 atom stereocenters. The summed E-state index contributed by atoms with van der Waals surface area (Å²) in [6.07, 6.45) is 1.37. The molecule has 0 spiro atoms. The molecule has 0 saturated heterocycles. The molecule has 18 heavy (non-hydrogen) atoms. The molecule has 0 radical (unpaired) electrons. The fraction of sp³-hybridized carbons (Fsp3) is 0.571. The second kappa shape index (κ2) is 4.07. The smallest absolute Gasteiger partial charge is 0.185 e. The zero-order valence-electron chi connectivity index (χ0n) is 11.2. The number of rotatable bonds is 3. The van der Waals surface area contributed by atoms with Gasteiger partial charge < -0.3 is 5.73 Å². The highest BCUT2D eigenvalue weighted by molar-refractivity contribution is 7.93. The van der Waals surface area contributed by atoms with E-state index >= 15 is 0 Å². The minimum atomic E-state index is -3.26. The van der Waals surface area contributed by atoms with E-state index in [1.807, 2.05) is 12.1 Å². The lowest BCUT2D eigenvalue weighted by Crippen LogP contribution is -2.31. The number of nitrogens with two attached hydrogens (primary N) is 1. The third-order valence-electron chi connectivity index (χ3n) is 3.78. The summed E-state index contributed by atoms with van der Waals surface area (Å²) in [7, 11) is -3.26. The Kier molecular flexibility index (Phi) is 3.06. The highest BCUT2D eigenvalue weighted by Gasteiger charge is 2.53. The van der Waals surface area contributed by atoms with Crippen LogP contribution in [0.15, 0.2) is 29.2 Å². The Bertz CT molecular complexity index is 534. The van der Waals surface area contributed by atoms with Gasteiger partial charge in [0.1, 0.15) is 0 Å². The third-order valence-corrected chi connectivity index (χ3v) is 6.39. The van der Waals surface area contributed by atoms with Gasteiger partial charge in [0.2, 0.25) is 0 Å². The average molecular weight is 267 g/mol. The number of sulfone groups is 1. The first-order valence-corrected chi connectivity index (χ1v) is 7.77. The van der Waals surface area contributed by atoms with E-state index in [2.05, 4.69) is 20.8 Å². The van der Waals surface area contributed by atoms with Crippen LogP contribution in [-0.4, -0.2) is 19.7 Å². The molecule has 0 unspecified atom stereocenters. The molecular weight excluding hydrogens is 246 g/mol. The molecule has 0 heterocycles. The van der Waals surface area contributed by atoms with Crippen LogP contribution in [0.2, 0.25) is 0 Å². The fourth-order valence-electron chi connectivity index (χ4n) is 2.11. The second-order valence-electron chi connectivity index (χ2n) is 6.16. The van der Waals surface area contributed by atoms with E-state index < -0.39 is 14.6 Å². The second-order valence-corrected chi connectivity index (χ2v) is 8.51. The van der Waals surface area contributed by atoms with E-state index in [-0.39, 0.29) is 12.0 Å². The quantitative estimate of drug-likeness (QED) is 0.913. The molecule has 2 N–H and O–H groups in total. The van der Waals surface area contributed by atoms with Crippen molar-refractivity contribution in [2.45, 2.75) is 48.7 Å². The van der Waals surface area contributed by atoms with Gasteiger partial charge in [0, 0.05) is 6.54 Å². The van der Waals surface area contributed by atoms with Crippen molar-refractivity contribution in [1.29, 1.82) is 0 Å². The molecule has 1 aliphatic rings. The van der Waals surface area contributed by atoms with E-state index in [4.69, 9.17) is 5.73 Å². The van der Waals surface area contributed by atoms with Crippen molar-refractivity contribution >= 4 is 9.84 Å². The molecule has 1 aliphatic carbocycles. The van der Waals surface area contributed by atoms with E-state index in [9.17, 15) is 8.42 Å². The van der Waals surface area contributed by atoms with Crippen molar-refractivity contribution in [3.63, 3.8) is 0 Å². The lowest BCUT2D eigenvalue weighted by Gasteiger charge is -2.20. The predicted octanol–water partition coefficient (Wildman–Crippen LogP) is 2.25. The van der Waals surface area contributed by atoms with Crippen molar-refractivity contribution in [2.24, 2.45) is 5.73 Å². The summed E-state index contributed by atoms with van der Waals surface area (Å²) in [5.74, 6) is 0. The molecular formula is C14H21NO2S. The first-order chi connectivity index (χ1) is 8.23. The molecule has 0 amide bonds. The Morgan fingerprint density at radius 1 is 1.17 bits per heavy atom. The molecule has 1 aromatic carbocycles. The van der Waals surface area contributed by atoms with Crippen LogP contribution < -0.4 is 5.73 Å². The van der Waals surface area contributed by atoms with Gasteiger partial charge in [-0.3, -0.25) is 0 Å². The molecule has 0 bridgehead atoms. The lowest BCUT2D eigenvalue weighted by atomic mass is 9.87. The number of benzene rings is 1. The highest BCUT2D eigenvalue weighted by atomic mass is 32.2. The third kappa shape index (κ3) is 2.08. The minimum Gasteiger partial charge on any atom is -0.329 e. The maximum atomic E-state index is 12.4. The van der Waals surface area contributed by atoms with Crippen LogP contribution in [0.3, 0.4) is 0 Å². The van der Waals surface area contributed by atoms with E-state index in [1.165, 1.54) is 0 Å². The van der Waals surface area contributed by atoms with Crippen molar-refractivity contribution in [2.75, 3.05) is 6.54 Å². The van der Waals surface area contributed by atoms with Crippen molar-refractivity contribution in [3.05, 3.63) is 29.8 Å². The Hall–Kier alpha value is -0.870. The summed E-state index contributed by atoms with van der Waals surface area (Å²) in [5, 5.41) is 0. The van der Waals surface area contributed by atoms with Gasteiger partial charge in [0.05, 0.1) is 9.64 Å². The van der Waals surface area contributed by atoms with Gasteiger partial charge in [0.15, 0.2) is 9.84 Å². The Morgan fingerprint density at radius 2 is 1.67 bits per heavy atom. The van der Waals surface area contributed by atoms with Gasteiger partial charge in [-0.1, -0.05) is 32.9 Å². The van der Waals surface area contributed by atoms with Gasteiger partial charge in [-0.2, -0.15) is 0 Å². The van der Waals surface area contributed by atoms with E-state index in [1.54, 1.807) is 12.1 Å². The molecule has 100 valence electrons. The summed E-state index contributed by atoms with van der Waals surface area (Å²) in [5.41, 5.74) is 6.79. The lowest BCUT2D eigenvalue weighted by molar-refractivity contribution is 0.575. The maximum Gasteiger partial charge on any atom is 0.185 e. The van der Waals surface area contributed by atoms with Crippen LogP contribution in [0.1, 0.15) is 39.2 Å². The average Bonchev–Trinajstić information content (AvgIpc) is 3.09. The zero-order valence-corrected chi connectivity index (χ0v) is 12.0. The summed E-state index contributed by atoms with van der Waals surface area (Å²) >= 11 is 0. The Balaban J connectivity index is 2.37. The van der Waals surface area contributed by atoms with Crippen molar-refractivity contribution in [3.8, 4) is 0 Å². The molecule has 1 saturated carbocycles. The SMILES string of the molecule is CC(C)(C)c1ccc(S(=O)(=O)C2(CN)CC2)cc1. The summed E-state index contributed by atoms with van der Waals surface area (Å²) in [4.78, 5) is 0.401. The van der Waals surface area contributed by atoms with Crippen LogP contribution in [0.25, 0.3) is 0 Å². The minimum absolute atomic E-state index is 0.0351. The predicted molar refractivity (Wildman–Crippen MR) is 73.3 cm³/mol. The van der Waals surface area contributed by atoms with Crippen LogP contribution >= 0.6 is 0 Å². The summed E-state index contributed by atoms with van der Waals surface area (Å²) in [6, 6.07) is 7.23. The Morgan fingerprint density at radius 3 is 2.00 bits per heavy atom. The molecule has 3 nitrogen and oxygen atoms in total. The largest absolute Gasteiger partial charge is 0.329 e. The molecule has 4 heteroatoms. The van der Waals surface area contributed by atoms with Crippen molar-refractivity contribution in [1.82, 2.24) is 0 Å². The topological polar surface area (TPSA) is 60.2 Å². The molecule has 1 fully saturated rings. The van der Waals surface area contributed by atoms with Gasteiger partial charge in [-0.15, -0.1) is 0 Å². The van der Waals surface area contributed by atoms with E-state index in [0.717, 1.165) is 5.56 Å². The highest BCUT2D eigenvalue weighted by Crippen LogP contribution is 2.45. The number of hydrogen-bond acceptors (Lipinski definition) is 3. The zero-order chi connectivity index (χ0) is 13.6. The summed E-state index contributed by atoms with van der Waals surface area (Å²) < 4.78 is 24.2. The van der Waals surface area contributed by atoms with Crippen molar-refractivity contribution < 1.29 is 8.42 Å². The van der Waals surface area contributed by atoms with Gasteiger partial charge >= 0.3 is 0 Å². The maximum absolute atomic E-state index is 12.4. The van der Waals surface area contributed by atoms with Crippen LogP contribution in [0, 0.1) is 0 Å². The fourth-order valence-corrected chi connectivity index (χ4v) is 3.96. The van der Waals surface area contributed by atoms with Gasteiger partial charge in [-0.05, 0) is 36.0 Å². The number of hydrogen-bond donors (Lipinski definition) is 1. The van der Waals surface area contributed by atoms with Crippen LogP contribution in [-0.2, 0) is 15.3 Å². The first kappa shape index (κ1) is 13.6. The van der Waals surface area contributed by atoms with Crippen LogP contribution in [0.5, 0.6) is 0 Å². The summed E-state index contributed by atoms with van der Waals surface area (Å²) in [6.45, 7) is 6.55. The van der Waals surface area contributed by atoms with E-state index in [0.29, 0.717) is 17.7 Å². The Labute approximate surface area is 109 Å². The van der Waals surface area contributed by atoms with Gasteiger partial charge in [-0.25, -0.2) is 8.42 Å². The normalized spacial score (nSPS) is 18.7. The molecule has 0 aromatic heterocycles. The molecule has 1 aromatic rings. The van der Waals surface area contributed by atoms with Gasteiger partial charge in [0.25, 0.3) is 0 Å². The van der Waals surface area contributed by atoms with Crippen LogP contribution in [0.4, 0.5) is 0 Å². The molecule has 0 aliphatic heterocycles. The monoisotopic (exact) mass is 267 g/mol. The molecule has 2 rings (SSSR count). The standard InChI is InChI=1S/C14H21NO2S/c1-13(2,3)11-4-6-12(7-5-11)18(16,17)14(10-15)8-9-14/h4-7H,8-10,15H2,1-3H3.